The van der Waals surface area contributed by atoms with Crippen molar-refractivity contribution in [1.82, 2.24) is 0 Å². The highest BCUT2D eigenvalue weighted by Gasteiger charge is 2.21. The number of ether oxygens (including phenoxy) is 2. The fraction of sp³-hybridized carbons (Fsp3) is 0.0952. The van der Waals surface area contributed by atoms with Crippen molar-refractivity contribution >= 4 is 38.9 Å². The monoisotopic (exact) mass is 446 g/mol. The largest absolute Gasteiger partial charge is 0.497 e. The number of benzene rings is 3. The number of halogens is 1. The van der Waals surface area contributed by atoms with E-state index in [1.807, 2.05) is 0 Å². The van der Waals surface area contributed by atoms with Crippen LogP contribution in [-0.2, 0) is 10.0 Å². The summed E-state index contributed by atoms with van der Waals surface area (Å²) in [5.41, 5.74) is 0.867. The van der Waals surface area contributed by atoms with E-state index in [2.05, 4.69) is 10.0 Å². The molecule has 0 unspecified atom stereocenters. The summed E-state index contributed by atoms with van der Waals surface area (Å²) in [4.78, 5) is 12.6. The van der Waals surface area contributed by atoms with E-state index >= 15 is 0 Å². The van der Waals surface area contributed by atoms with E-state index in [9.17, 15) is 13.2 Å². The van der Waals surface area contributed by atoms with Gasteiger partial charge in [0.05, 0.1) is 24.9 Å². The third-order valence-corrected chi connectivity index (χ3v) is 6.03. The van der Waals surface area contributed by atoms with Crippen LogP contribution in [0.4, 0.5) is 11.4 Å². The van der Waals surface area contributed by atoms with Gasteiger partial charge in [-0.1, -0.05) is 29.8 Å². The maximum atomic E-state index is 12.8. The summed E-state index contributed by atoms with van der Waals surface area (Å²) in [5.74, 6) is 0.420. The van der Waals surface area contributed by atoms with Crippen molar-refractivity contribution in [2.45, 2.75) is 4.90 Å². The van der Waals surface area contributed by atoms with E-state index in [1.54, 1.807) is 48.5 Å². The Hall–Kier alpha value is -3.23. The zero-order valence-electron chi connectivity index (χ0n) is 16.2. The number of carbonyl (C=O) groups excluding carboxylic acids is 1. The molecule has 0 radical (unpaired) electrons. The summed E-state index contributed by atoms with van der Waals surface area (Å²) in [6, 6.07) is 17.3. The van der Waals surface area contributed by atoms with Crippen LogP contribution < -0.4 is 19.5 Å². The molecular weight excluding hydrogens is 428 g/mol. The first-order chi connectivity index (χ1) is 14.3. The third kappa shape index (κ3) is 4.84. The zero-order chi connectivity index (χ0) is 21.7. The number of anilines is 2. The second-order valence-electron chi connectivity index (χ2n) is 6.14. The average Bonchev–Trinajstić information content (AvgIpc) is 2.74. The molecule has 3 rings (SSSR count). The highest BCUT2D eigenvalue weighted by atomic mass is 35.5. The van der Waals surface area contributed by atoms with E-state index in [1.165, 1.54) is 32.4 Å². The van der Waals surface area contributed by atoms with Crippen molar-refractivity contribution in [2.75, 3.05) is 24.3 Å². The molecule has 30 heavy (non-hydrogen) atoms. The lowest BCUT2D eigenvalue weighted by molar-refractivity contribution is 0.102. The van der Waals surface area contributed by atoms with Gasteiger partial charge in [0.25, 0.3) is 15.9 Å². The number of methoxy groups -OCH3 is 2. The van der Waals surface area contributed by atoms with Crippen LogP contribution in [0.5, 0.6) is 11.5 Å². The lowest BCUT2D eigenvalue weighted by Gasteiger charge is -2.13. The summed E-state index contributed by atoms with van der Waals surface area (Å²) in [7, 11) is -1.03. The number of amides is 1. The maximum absolute atomic E-state index is 12.8. The lowest BCUT2D eigenvalue weighted by Crippen LogP contribution is -2.16. The molecule has 3 aromatic carbocycles. The molecule has 0 aliphatic heterocycles. The van der Waals surface area contributed by atoms with Gasteiger partial charge in [-0.25, -0.2) is 8.42 Å². The molecule has 156 valence electrons. The SMILES string of the molecule is COc1ccc(OC)c(NC(=O)c2ccc(Cl)c(S(=O)(=O)Nc3ccccc3)c2)c1. The Balaban J connectivity index is 1.90. The molecule has 0 heterocycles. The Labute approximate surface area is 179 Å². The molecule has 0 aliphatic rings. The number of para-hydroxylation sites is 1. The van der Waals surface area contributed by atoms with Crippen LogP contribution in [0, 0.1) is 0 Å². The molecule has 0 aliphatic carbocycles. The zero-order valence-corrected chi connectivity index (χ0v) is 17.8. The van der Waals surface area contributed by atoms with E-state index < -0.39 is 15.9 Å². The van der Waals surface area contributed by atoms with Crippen molar-refractivity contribution in [3.05, 3.63) is 77.3 Å². The molecular formula is C21H19ClN2O5S. The fourth-order valence-corrected chi connectivity index (χ4v) is 4.26. The van der Waals surface area contributed by atoms with Crippen LogP contribution in [0.3, 0.4) is 0 Å². The standard InChI is InChI=1S/C21H19ClN2O5S/c1-28-16-9-11-19(29-2)18(13-16)23-21(25)14-8-10-17(22)20(12-14)30(26,27)24-15-6-4-3-5-7-15/h3-13,24H,1-2H3,(H,23,25). The van der Waals surface area contributed by atoms with Crippen LogP contribution >= 0.6 is 11.6 Å². The Morgan fingerprint density at radius 2 is 1.67 bits per heavy atom. The molecule has 2 N–H and O–H groups in total. The molecule has 0 fully saturated rings. The lowest BCUT2D eigenvalue weighted by atomic mass is 10.2. The highest BCUT2D eigenvalue weighted by molar-refractivity contribution is 7.92. The minimum atomic E-state index is -4.00. The van der Waals surface area contributed by atoms with Gasteiger partial charge in [0.1, 0.15) is 16.4 Å². The maximum Gasteiger partial charge on any atom is 0.263 e. The van der Waals surface area contributed by atoms with E-state index in [4.69, 9.17) is 21.1 Å². The third-order valence-electron chi connectivity index (χ3n) is 4.16. The quantitative estimate of drug-likeness (QED) is 0.560. The van der Waals surface area contributed by atoms with E-state index in [0.29, 0.717) is 22.9 Å². The predicted octanol–water partition coefficient (Wildman–Crippen LogP) is 4.41. The molecule has 0 bridgehead atoms. The normalized spacial score (nSPS) is 10.9. The minimum Gasteiger partial charge on any atom is -0.497 e. The first-order valence-corrected chi connectivity index (χ1v) is 10.6. The summed E-state index contributed by atoms with van der Waals surface area (Å²) in [6.07, 6.45) is 0. The van der Waals surface area contributed by atoms with Crippen molar-refractivity contribution < 1.29 is 22.7 Å². The van der Waals surface area contributed by atoms with Gasteiger partial charge >= 0.3 is 0 Å². The van der Waals surface area contributed by atoms with Crippen LogP contribution in [0.1, 0.15) is 10.4 Å². The van der Waals surface area contributed by atoms with Crippen LogP contribution in [-0.4, -0.2) is 28.5 Å². The Bertz CT molecular complexity index is 1170. The van der Waals surface area contributed by atoms with Gasteiger partial charge in [-0.3, -0.25) is 9.52 Å². The topological polar surface area (TPSA) is 93.7 Å². The summed E-state index contributed by atoms with van der Waals surface area (Å²) in [6.45, 7) is 0. The molecule has 0 aromatic heterocycles. The van der Waals surface area contributed by atoms with Crippen LogP contribution in [0.2, 0.25) is 5.02 Å². The molecule has 7 nitrogen and oxygen atoms in total. The van der Waals surface area contributed by atoms with Gasteiger partial charge in [-0.2, -0.15) is 0 Å². The van der Waals surface area contributed by atoms with Gasteiger partial charge < -0.3 is 14.8 Å². The van der Waals surface area contributed by atoms with Gasteiger partial charge in [-0.15, -0.1) is 0 Å². The molecule has 0 saturated carbocycles. The number of hydrogen-bond acceptors (Lipinski definition) is 5. The minimum absolute atomic E-state index is 0.00561. The van der Waals surface area contributed by atoms with Crippen molar-refractivity contribution in [2.24, 2.45) is 0 Å². The van der Waals surface area contributed by atoms with E-state index in [0.717, 1.165) is 0 Å². The summed E-state index contributed by atoms with van der Waals surface area (Å²) < 4.78 is 38.4. The second kappa shape index (κ2) is 9.06. The number of sulfonamides is 1. The average molecular weight is 447 g/mol. The smallest absolute Gasteiger partial charge is 0.263 e. The molecule has 0 saturated heterocycles. The fourth-order valence-electron chi connectivity index (χ4n) is 2.67. The predicted molar refractivity (Wildman–Crippen MR) is 116 cm³/mol. The number of nitrogens with one attached hydrogen (secondary N) is 2. The Morgan fingerprint density at radius 1 is 0.933 bits per heavy atom. The number of hydrogen-bond donors (Lipinski definition) is 2. The van der Waals surface area contributed by atoms with Crippen LogP contribution in [0.25, 0.3) is 0 Å². The molecule has 1 amide bonds. The van der Waals surface area contributed by atoms with Gasteiger partial charge in [0.2, 0.25) is 0 Å². The van der Waals surface area contributed by atoms with Crippen LogP contribution in [0.15, 0.2) is 71.6 Å². The number of rotatable bonds is 7. The number of carbonyl (C=O) groups is 1. The molecule has 3 aromatic rings. The van der Waals surface area contributed by atoms with Crippen molar-refractivity contribution in [1.29, 1.82) is 0 Å². The van der Waals surface area contributed by atoms with Gasteiger partial charge in [0.15, 0.2) is 0 Å². The Morgan fingerprint density at radius 3 is 2.33 bits per heavy atom. The van der Waals surface area contributed by atoms with Gasteiger partial charge in [-0.05, 0) is 42.5 Å². The first kappa shape index (κ1) is 21.5. The summed E-state index contributed by atoms with van der Waals surface area (Å²) >= 11 is 6.11. The van der Waals surface area contributed by atoms with Crippen molar-refractivity contribution in [3.63, 3.8) is 0 Å². The molecule has 0 spiro atoms. The van der Waals surface area contributed by atoms with E-state index in [-0.39, 0.29) is 15.5 Å². The van der Waals surface area contributed by atoms with Crippen molar-refractivity contribution in [3.8, 4) is 11.5 Å². The second-order valence-corrected chi connectivity index (χ2v) is 8.20. The summed E-state index contributed by atoms with van der Waals surface area (Å²) in [5, 5.41) is 2.69. The van der Waals surface area contributed by atoms with Gasteiger partial charge in [0, 0.05) is 17.3 Å². The molecule has 0 atom stereocenters. The Kier molecular flexibility index (Phi) is 6.49. The molecule has 9 heteroatoms. The highest BCUT2D eigenvalue weighted by Crippen LogP contribution is 2.30. The first-order valence-electron chi connectivity index (χ1n) is 8.75.